The quantitative estimate of drug-likeness (QED) is 0.165. The molecule has 3 aromatic carbocycles. The second kappa shape index (κ2) is 11.8. The van der Waals surface area contributed by atoms with Crippen LogP contribution in [-0.4, -0.2) is 29.3 Å². The summed E-state index contributed by atoms with van der Waals surface area (Å²) in [5.41, 5.74) is 5.52. The maximum atomic E-state index is 8.98. The summed E-state index contributed by atoms with van der Waals surface area (Å²) in [4.78, 5) is 5.68. The molecule has 0 aliphatic carbocycles. The van der Waals surface area contributed by atoms with Crippen molar-refractivity contribution >= 4 is 40.6 Å². The monoisotopic (exact) mass is 502 g/mol. The van der Waals surface area contributed by atoms with Crippen molar-refractivity contribution in [2.45, 2.75) is 38.1 Å². The van der Waals surface area contributed by atoms with E-state index in [9.17, 15) is 0 Å². The van der Waals surface area contributed by atoms with Crippen molar-refractivity contribution in [3.63, 3.8) is 0 Å². The highest BCUT2D eigenvalue weighted by molar-refractivity contribution is 7.81. The molecule has 0 saturated heterocycles. The molecule has 3 nitrogen and oxygen atoms in total. The van der Waals surface area contributed by atoms with Gasteiger partial charge in [0.2, 0.25) is 0 Å². The summed E-state index contributed by atoms with van der Waals surface area (Å²) in [7, 11) is 0. The van der Waals surface area contributed by atoms with Crippen molar-refractivity contribution in [3.8, 4) is 0 Å². The first-order chi connectivity index (χ1) is 17.1. The van der Waals surface area contributed by atoms with Crippen LogP contribution >= 0.6 is 23.8 Å². The number of aliphatic hydroxyl groups excluding tert-OH is 1. The van der Waals surface area contributed by atoms with Gasteiger partial charge < -0.3 is 10.4 Å². The van der Waals surface area contributed by atoms with Crippen LogP contribution in [0.1, 0.15) is 53.5 Å². The number of aliphatic hydroxyl groups is 1. The molecule has 0 amide bonds. The lowest BCUT2D eigenvalue weighted by molar-refractivity contribution is 0.283. The van der Waals surface area contributed by atoms with Gasteiger partial charge in [-0.25, -0.2) is 0 Å². The van der Waals surface area contributed by atoms with E-state index >= 15 is 0 Å². The van der Waals surface area contributed by atoms with E-state index in [4.69, 9.17) is 33.9 Å². The van der Waals surface area contributed by atoms with Gasteiger partial charge in [-0.2, -0.15) is 0 Å². The van der Waals surface area contributed by atoms with E-state index < -0.39 is 5.54 Å². The van der Waals surface area contributed by atoms with Gasteiger partial charge in [0.05, 0.1) is 4.86 Å². The molecule has 1 atom stereocenters. The molecule has 3 aromatic rings. The molecule has 4 rings (SSSR count). The lowest BCUT2D eigenvalue weighted by Gasteiger charge is -2.29. The number of anilines is 1. The summed E-state index contributed by atoms with van der Waals surface area (Å²) in [6, 6.07) is 22.6. The number of hydrogen-bond acceptors (Lipinski definition) is 4. The van der Waals surface area contributed by atoms with Gasteiger partial charge in [0.15, 0.2) is 0 Å². The first-order valence-corrected chi connectivity index (χ1v) is 12.9. The Kier molecular flexibility index (Phi) is 8.50. The van der Waals surface area contributed by atoms with E-state index in [1.807, 2.05) is 48.7 Å². The van der Waals surface area contributed by atoms with Crippen molar-refractivity contribution in [1.29, 1.82) is 0 Å². The molecule has 1 aliphatic heterocycles. The molecule has 5 heteroatoms. The third-order valence-corrected chi connectivity index (χ3v) is 7.24. The number of nitrogens with one attached hydrogen (secondary N) is 1. The number of unbranched alkanes of at least 4 members (excludes halogenated alkanes) is 3. The number of nitrogens with zero attached hydrogens (tertiary/aromatic N) is 1. The van der Waals surface area contributed by atoms with Crippen LogP contribution in [0.25, 0.3) is 0 Å². The fourth-order valence-electron chi connectivity index (χ4n) is 4.56. The third-order valence-electron chi connectivity index (χ3n) is 6.48. The molecule has 1 unspecified atom stereocenters. The summed E-state index contributed by atoms with van der Waals surface area (Å²) in [6.45, 7) is 3.20. The van der Waals surface area contributed by atoms with E-state index in [2.05, 4.69) is 48.6 Å². The number of allylic oxidation sites excluding steroid dienone is 1. The zero-order chi connectivity index (χ0) is 24.7. The fraction of sp³-hybridized carbons (Fsp3) is 0.267. The molecule has 0 spiro atoms. The van der Waals surface area contributed by atoms with Crippen LogP contribution in [0.3, 0.4) is 0 Å². The number of hydrogen-bond donors (Lipinski definition) is 2. The predicted octanol–water partition coefficient (Wildman–Crippen LogP) is 7.26. The zero-order valence-corrected chi connectivity index (χ0v) is 21.6. The minimum atomic E-state index is -0.646. The van der Waals surface area contributed by atoms with Crippen LogP contribution in [0.2, 0.25) is 5.02 Å². The van der Waals surface area contributed by atoms with E-state index in [1.54, 1.807) is 0 Å². The molecule has 0 fully saturated rings. The molecule has 2 N–H and O–H groups in total. The smallest absolute Gasteiger partial charge is 0.131 e. The Bertz CT molecular complexity index is 1240. The molecule has 1 aliphatic rings. The van der Waals surface area contributed by atoms with Crippen LogP contribution in [0.4, 0.5) is 5.69 Å². The number of thiocarbonyl (C=S) groups is 1. The molecule has 0 saturated carbocycles. The highest BCUT2D eigenvalue weighted by Gasteiger charge is 2.35. The van der Waals surface area contributed by atoms with Crippen LogP contribution in [0, 0.1) is 6.92 Å². The summed E-state index contributed by atoms with van der Waals surface area (Å²) in [5.74, 6) is 0. The lowest BCUT2D eigenvalue weighted by Crippen LogP contribution is -2.23. The fourth-order valence-corrected chi connectivity index (χ4v) is 5.30. The average molecular weight is 503 g/mol. The van der Waals surface area contributed by atoms with E-state index in [0.717, 1.165) is 70.6 Å². The second-order valence-corrected chi connectivity index (χ2v) is 9.67. The minimum absolute atomic E-state index is 0.264. The number of aliphatic imine (C=N–C) groups is 1. The summed E-state index contributed by atoms with van der Waals surface area (Å²) in [6.07, 6.45) is 10.0. The van der Waals surface area contributed by atoms with Crippen molar-refractivity contribution in [2.75, 3.05) is 18.5 Å². The van der Waals surface area contributed by atoms with Crippen LogP contribution < -0.4 is 5.32 Å². The van der Waals surface area contributed by atoms with Crippen LogP contribution in [0.15, 0.2) is 83.9 Å². The van der Waals surface area contributed by atoms with Crippen molar-refractivity contribution in [3.05, 3.63) is 112 Å². The topological polar surface area (TPSA) is 44.6 Å². The largest absolute Gasteiger partial charge is 0.396 e. The van der Waals surface area contributed by atoms with Gasteiger partial charge in [-0.15, -0.1) is 0 Å². The normalized spacial score (nSPS) is 16.5. The van der Waals surface area contributed by atoms with Gasteiger partial charge in [0.1, 0.15) is 5.54 Å². The Morgan fingerprint density at radius 2 is 1.74 bits per heavy atom. The SMILES string of the molecule is Cc1ccccc1C(=S)c1ccc(C2(c3ccccc3NCCCCCCO)C=CC=N2)cc1Cl. The van der Waals surface area contributed by atoms with E-state index in [-0.39, 0.29) is 6.61 Å². The van der Waals surface area contributed by atoms with Gasteiger partial charge in [0, 0.05) is 41.2 Å². The summed E-state index contributed by atoms with van der Waals surface area (Å²) >= 11 is 12.7. The Morgan fingerprint density at radius 3 is 2.49 bits per heavy atom. The number of halogens is 1. The molecule has 180 valence electrons. The first kappa shape index (κ1) is 25.3. The van der Waals surface area contributed by atoms with Crippen molar-refractivity contribution in [1.82, 2.24) is 0 Å². The summed E-state index contributed by atoms with van der Waals surface area (Å²) < 4.78 is 0. The molecule has 0 aromatic heterocycles. The number of aryl methyl sites for hydroxylation is 1. The van der Waals surface area contributed by atoms with Gasteiger partial charge in [-0.3, -0.25) is 4.99 Å². The Morgan fingerprint density at radius 1 is 0.971 bits per heavy atom. The van der Waals surface area contributed by atoms with Crippen molar-refractivity contribution < 1.29 is 5.11 Å². The highest BCUT2D eigenvalue weighted by atomic mass is 35.5. The molecular weight excluding hydrogens is 472 g/mol. The Hall–Kier alpha value is -2.79. The van der Waals surface area contributed by atoms with Crippen molar-refractivity contribution in [2.24, 2.45) is 4.99 Å². The van der Waals surface area contributed by atoms with Gasteiger partial charge in [-0.1, -0.05) is 91.3 Å². The highest BCUT2D eigenvalue weighted by Crippen LogP contribution is 2.42. The summed E-state index contributed by atoms with van der Waals surface area (Å²) in [5, 5.41) is 13.2. The van der Waals surface area contributed by atoms with Crippen LogP contribution in [-0.2, 0) is 5.54 Å². The average Bonchev–Trinajstić information content (AvgIpc) is 3.37. The molecule has 35 heavy (non-hydrogen) atoms. The standard InChI is InChI=1S/C30H31ClN2OS/c1-22-11-4-5-12-24(22)29(35)25-16-15-23(21-27(25)31)30(17-10-19-33-30)26-13-6-7-14-28(26)32-18-8-2-3-9-20-34/h4-7,10-17,19,21,32,34H,2-3,8-9,18,20H2,1H3. The number of rotatable bonds is 11. The van der Waals surface area contributed by atoms with Crippen LogP contribution in [0.5, 0.6) is 0 Å². The number of para-hydroxylation sites is 1. The van der Waals surface area contributed by atoms with Gasteiger partial charge in [-0.05, 0) is 60.7 Å². The Balaban J connectivity index is 1.63. The van der Waals surface area contributed by atoms with Gasteiger partial charge in [0.25, 0.3) is 0 Å². The van der Waals surface area contributed by atoms with Gasteiger partial charge >= 0.3 is 0 Å². The molecule has 1 heterocycles. The van der Waals surface area contributed by atoms with E-state index in [1.165, 1.54) is 0 Å². The molecule has 0 bridgehead atoms. The maximum Gasteiger partial charge on any atom is 0.131 e. The van der Waals surface area contributed by atoms with E-state index in [0.29, 0.717) is 5.02 Å². The third kappa shape index (κ3) is 5.56. The molecule has 0 radical (unpaired) electrons. The second-order valence-electron chi connectivity index (χ2n) is 8.85. The predicted molar refractivity (Wildman–Crippen MR) is 152 cm³/mol. The lowest BCUT2D eigenvalue weighted by atomic mass is 9.82. The maximum absolute atomic E-state index is 8.98. The minimum Gasteiger partial charge on any atom is -0.396 e. The zero-order valence-electron chi connectivity index (χ0n) is 20.0. The Labute approximate surface area is 218 Å². The molecular formula is C30H31ClN2OS. The first-order valence-electron chi connectivity index (χ1n) is 12.1. The number of benzene rings is 3.